The molecule has 1 aromatic carbocycles. The molecule has 3 rings (SSSR count). The van der Waals surface area contributed by atoms with Gasteiger partial charge in [0.1, 0.15) is 5.01 Å². The van der Waals surface area contributed by atoms with Crippen molar-refractivity contribution in [3.05, 3.63) is 46.7 Å². The van der Waals surface area contributed by atoms with Gasteiger partial charge in [-0.25, -0.2) is 0 Å². The Kier molecular flexibility index (Phi) is 2.81. The van der Waals surface area contributed by atoms with Gasteiger partial charge in [-0.1, -0.05) is 41.7 Å². The molecule has 0 saturated heterocycles. The predicted molar refractivity (Wildman–Crippen MR) is 70.5 cm³/mol. The van der Waals surface area contributed by atoms with Crippen LogP contribution >= 0.6 is 11.3 Å². The van der Waals surface area contributed by atoms with Gasteiger partial charge in [-0.15, -0.1) is 10.2 Å². The van der Waals surface area contributed by atoms with E-state index >= 15 is 0 Å². The summed E-state index contributed by atoms with van der Waals surface area (Å²) in [5.41, 5.74) is 7.30. The van der Waals surface area contributed by atoms with Crippen molar-refractivity contribution in [2.75, 3.05) is 0 Å². The predicted octanol–water partition coefficient (Wildman–Crippen LogP) is 1.74. The number of fused-ring (bicyclic) bond motifs is 1. The van der Waals surface area contributed by atoms with Gasteiger partial charge in [0.05, 0.1) is 0 Å². The smallest absolute Gasteiger partial charge is 0.234 e. The topological polar surface area (TPSA) is 69.1 Å². The SMILES string of the molecule is Cc1nnc2sc(CC(N)c3ccccc3)nn12. The van der Waals surface area contributed by atoms with E-state index in [2.05, 4.69) is 15.3 Å². The van der Waals surface area contributed by atoms with Crippen LogP contribution in [0.5, 0.6) is 0 Å². The molecule has 2 heterocycles. The summed E-state index contributed by atoms with van der Waals surface area (Å²) < 4.78 is 1.76. The van der Waals surface area contributed by atoms with Crippen LogP contribution in [0.3, 0.4) is 0 Å². The second kappa shape index (κ2) is 4.47. The van der Waals surface area contributed by atoms with Crippen molar-refractivity contribution in [3.8, 4) is 0 Å². The van der Waals surface area contributed by atoms with E-state index in [9.17, 15) is 0 Å². The number of nitrogens with zero attached hydrogens (tertiary/aromatic N) is 4. The average Bonchev–Trinajstić information content (AvgIpc) is 2.93. The van der Waals surface area contributed by atoms with Crippen molar-refractivity contribution in [1.82, 2.24) is 19.8 Å². The summed E-state index contributed by atoms with van der Waals surface area (Å²) in [6, 6.07) is 10.0. The molecule has 1 atom stereocenters. The molecule has 6 heteroatoms. The Labute approximate surface area is 108 Å². The van der Waals surface area contributed by atoms with Crippen molar-refractivity contribution in [1.29, 1.82) is 0 Å². The van der Waals surface area contributed by atoms with Crippen molar-refractivity contribution >= 4 is 16.3 Å². The highest BCUT2D eigenvalue weighted by Gasteiger charge is 2.13. The number of hydrogen-bond acceptors (Lipinski definition) is 5. The van der Waals surface area contributed by atoms with Crippen LogP contribution in [0.15, 0.2) is 30.3 Å². The van der Waals surface area contributed by atoms with E-state index in [1.165, 1.54) is 11.3 Å². The quantitative estimate of drug-likeness (QED) is 0.777. The van der Waals surface area contributed by atoms with Crippen LogP contribution in [-0.2, 0) is 6.42 Å². The number of aryl methyl sites for hydroxylation is 1. The molecule has 0 bridgehead atoms. The molecule has 5 nitrogen and oxygen atoms in total. The Morgan fingerprint density at radius 1 is 1.28 bits per heavy atom. The second-order valence-electron chi connectivity index (χ2n) is 4.16. The summed E-state index contributed by atoms with van der Waals surface area (Å²) in [5.74, 6) is 0.806. The molecule has 1 unspecified atom stereocenters. The highest BCUT2D eigenvalue weighted by molar-refractivity contribution is 7.16. The molecule has 0 aliphatic rings. The van der Waals surface area contributed by atoms with Gasteiger partial charge in [-0.05, 0) is 12.5 Å². The minimum atomic E-state index is -0.0321. The fourth-order valence-corrected chi connectivity index (χ4v) is 2.78. The second-order valence-corrected chi connectivity index (χ2v) is 5.20. The van der Waals surface area contributed by atoms with Gasteiger partial charge >= 0.3 is 0 Å². The van der Waals surface area contributed by atoms with Crippen LogP contribution in [-0.4, -0.2) is 19.8 Å². The van der Waals surface area contributed by atoms with Gasteiger partial charge in [-0.2, -0.15) is 9.61 Å². The summed E-state index contributed by atoms with van der Waals surface area (Å²) in [6.07, 6.45) is 0.720. The van der Waals surface area contributed by atoms with Gasteiger partial charge in [0.25, 0.3) is 0 Å². The maximum absolute atomic E-state index is 6.18. The lowest BCUT2D eigenvalue weighted by molar-refractivity contribution is 0.702. The molecule has 2 N–H and O–H groups in total. The molecular weight excluding hydrogens is 246 g/mol. The molecular formula is C12H13N5S. The van der Waals surface area contributed by atoms with Crippen molar-refractivity contribution in [2.45, 2.75) is 19.4 Å². The molecule has 0 saturated carbocycles. The first kappa shape index (κ1) is 11.3. The minimum absolute atomic E-state index is 0.0321. The van der Waals surface area contributed by atoms with E-state index in [0.29, 0.717) is 0 Å². The molecule has 0 aliphatic heterocycles. The van der Waals surface area contributed by atoms with Crippen LogP contribution in [0.4, 0.5) is 0 Å². The van der Waals surface area contributed by atoms with Crippen LogP contribution in [0, 0.1) is 6.92 Å². The monoisotopic (exact) mass is 259 g/mol. The molecule has 0 spiro atoms. The first-order chi connectivity index (χ1) is 8.74. The summed E-state index contributed by atoms with van der Waals surface area (Å²) in [7, 11) is 0. The summed E-state index contributed by atoms with van der Waals surface area (Å²) in [5, 5.41) is 13.5. The number of benzene rings is 1. The third-order valence-corrected chi connectivity index (χ3v) is 3.73. The minimum Gasteiger partial charge on any atom is -0.324 e. The zero-order valence-electron chi connectivity index (χ0n) is 9.95. The third kappa shape index (κ3) is 2.00. The van der Waals surface area contributed by atoms with Crippen molar-refractivity contribution < 1.29 is 0 Å². The maximum atomic E-state index is 6.18. The lowest BCUT2D eigenvalue weighted by atomic mass is 10.1. The Hall–Kier alpha value is -1.79. The number of hydrogen-bond donors (Lipinski definition) is 1. The zero-order valence-corrected chi connectivity index (χ0v) is 10.8. The Morgan fingerprint density at radius 2 is 2.06 bits per heavy atom. The van der Waals surface area contributed by atoms with Gasteiger partial charge in [0.15, 0.2) is 5.82 Å². The summed E-state index contributed by atoms with van der Waals surface area (Å²) >= 11 is 1.54. The molecule has 0 aliphatic carbocycles. The zero-order chi connectivity index (χ0) is 12.5. The van der Waals surface area contributed by atoms with Gasteiger partial charge in [0, 0.05) is 12.5 Å². The van der Waals surface area contributed by atoms with E-state index in [1.54, 1.807) is 4.52 Å². The fourth-order valence-electron chi connectivity index (χ4n) is 1.84. The van der Waals surface area contributed by atoms with Crippen molar-refractivity contribution in [2.24, 2.45) is 5.73 Å². The van der Waals surface area contributed by atoms with E-state index in [4.69, 9.17) is 5.73 Å². The summed E-state index contributed by atoms with van der Waals surface area (Å²) in [4.78, 5) is 0.822. The maximum Gasteiger partial charge on any atom is 0.234 e. The van der Waals surface area contributed by atoms with Gasteiger partial charge in [-0.3, -0.25) is 0 Å². The lowest BCUT2D eigenvalue weighted by Crippen LogP contribution is -2.13. The van der Waals surface area contributed by atoms with E-state index in [1.807, 2.05) is 37.3 Å². The van der Waals surface area contributed by atoms with Gasteiger partial charge < -0.3 is 5.73 Å². The van der Waals surface area contributed by atoms with Crippen LogP contribution in [0.1, 0.15) is 22.4 Å². The van der Waals surface area contributed by atoms with Crippen molar-refractivity contribution in [3.63, 3.8) is 0 Å². The summed E-state index contributed by atoms with van der Waals surface area (Å²) in [6.45, 7) is 1.89. The first-order valence-electron chi connectivity index (χ1n) is 5.72. The molecule has 0 radical (unpaired) electrons. The largest absolute Gasteiger partial charge is 0.324 e. The number of rotatable bonds is 3. The molecule has 0 fully saturated rings. The molecule has 92 valence electrons. The van der Waals surface area contributed by atoms with Crippen LogP contribution in [0.25, 0.3) is 4.96 Å². The average molecular weight is 259 g/mol. The Morgan fingerprint density at radius 3 is 2.78 bits per heavy atom. The highest BCUT2D eigenvalue weighted by Crippen LogP contribution is 2.20. The Bertz CT molecular complexity index is 657. The fraction of sp³-hybridized carbons (Fsp3) is 0.250. The molecule has 2 aromatic heterocycles. The van der Waals surface area contributed by atoms with Gasteiger partial charge in [0.2, 0.25) is 4.96 Å². The first-order valence-corrected chi connectivity index (χ1v) is 6.54. The Balaban J connectivity index is 1.84. The number of aromatic nitrogens is 4. The lowest BCUT2D eigenvalue weighted by Gasteiger charge is -2.09. The number of nitrogens with two attached hydrogens (primary N) is 1. The standard InChI is InChI=1S/C12H13N5S/c1-8-14-15-12-17(8)16-11(18-12)7-10(13)9-5-3-2-4-6-9/h2-6,10H,7,13H2,1H3. The van der Waals surface area contributed by atoms with E-state index in [-0.39, 0.29) is 6.04 Å². The molecule has 3 aromatic rings. The van der Waals surface area contributed by atoms with E-state index < -0.39 is 0 Å². The van der Waals surface area contributed by atoms with Crippen LogP contribution < -0.4 is 5.73 Å². The third-order valence-electron chi connectivity index (χ3n) is 2.81. The molecule has 0 amide bonds. The highest BCUT2D eigenvalue weighted by atomic mass is 32.1. The normalized spacial score (nSPS) is 13.0. The molecule has 18 heavy (non-hydrogen) atoms. The van der Waals surface area contributed by atoms with Crippen LogP contribution in [0.2, 0.25) is 0 Å². The van der Waals surface area contributed by atoms with E-state index in [0.717, 1.165) is 27.8 Å².